The highest BCUT2D eigenvalue weighted by molar-refractivity contribution is 7.89. The SMILES string of the molecule is Cc1cc(C)c(C)c(S(=O)(=O)N2CCC(C(=O)NCC(=O)NC(C)(C)C)CC2)c1C. The lowest BCUT2D eigenvalue weighted by atomic mass is 9.97. The van der Waals surface area contributed by atoms with Crippen molar-refractivity contribution in [1.29, 1.82) is 0 Å². The predicted octanol–water partition coefficient (Wildman–Crippen LogP) is 2.35. The molecule has 30 heavy (non-hydrogen) atoms. The summed E-state index contributed by atoms with van der Waals surface area (Å²) in [6.45, 7) is 13.7. The van der Waals surface area contributed by atoms with Crippen molar-refractivity contribution in [2.24, 2.45) is 5.92 Å². The average molecular weight is 438 g/mol. The first-order valence-electron chi connectivity index (χ1n) is 10.4. The summed E-state index contributed by atoms with van der Waals surface area (Å²) in [7, 11) is -3.63. The van der Waals surface area contributed by atoms with Gasteiger partial charge in [0, 0.05) is 24.5 Å². The first-order chi connectivity index (χ1) is 13.7. The van der Waals surface area contributed by atoms with Gasteiger partial charge in [0.1, 0.15) is 0 Å². The third-order valence-electron chi connectivity index (χ3n) is 5.66. The first kappa shape index (κ1) is 24.3. The van der Waals surface area contributed by atoms with E-state index in [0.717, 1.165) is 22.3 Å². The quantitative estimate of drug-likeness (QED) is 0.739. The lowest BCUT2D eigenvalue weighted by Crippen LogP contribution is -2.48. The maximum Gasteiger partial charge on any atom is 0.243 e. The number of sulfonamides is 1. The molecule has 1 aromatic carbocycles. The molecule has 0 unspecified atom stereocenters. The standard InChI is InChI=1S/C22H35N3O4S/c1-14-12-15(2)17(4)20(16(14)3)30(28,29)25-10-8-18(9-11-25)21(27)23-13-19(26)24-22(5,6)7/h12,18H,8-11,13H2,1-7H3,(H,23,27)(H,24,26). The maximum absolute atomic E-state index is 13.3. The Bertz CT molecular complexity index is 898. The molecule has 0 aromatic heterocycles. The van der Waals surface area contributed by atoms with Crippen LogP contribution in [0.3, 0.4) is 0 Å². The average Bonchev–Trinajstić information content (AvgIpc) is 2.63. The van der Waals surface area contributed by atoms with Crippen LogP contribution in [-0.4, -0.2) is 49.7 Å². The summed E-state index contributed by atoms with van der Waals surface area (Å²) < 4.78 is 28.1. The van der Waals surface area contributed by atoms with Crippen LogP contribution in [0.5, 0.6) is 0 Å². The Morgan fingerprint density at radius 3 is 2.00 bits per heavy atom. The molecule has 2 N–H and O–H groups in total. The minimum absolute atomic E-state index is 0.0738. The van der Waals surface area contributed by atoms with Gasteiger partial charge in [-0.3, -0.25) is 9.59 Å². The summed E-state index contributed by atoms with van der Waals surface area (Å²) in [6, 6.07) is 2.01. The Balaban J connectivity index is 2.02. The summed E-state index contributed by atoms with van der Waals surface area (Å²) >= 11 is 0. The molecule has 1 aromatic rings. The number of hydrogen-bond donors (Lipinski definition) is 2. The smallest absolute Gasteiger partial charge is 0.243 e. The molecule has 8 heteroatoms. The zero-order chi connectivity index (χ0) is 22.9. The van der Waals surface area contributed by atoms with E-state index in [1.165, 1.54) is 4.31 Å². The highest BCUT2D eigenvalue weighted by Crippen LogP contribution is 2.31. The lowest BCUT2D eigenvalue weighted by molar-refractivity contribution is -0.129. The predicted molar refractivity (Wildman–Crippen MR) is 118 cm³/mol. The van der Waals surface area contributed by atoms with E-state index in [1.54, 1.807) is 0 Å². The second-order valence-corrected chi connectivity index (χ2v) is 11.2. The fourth-order valence-electron chi connectivity index (χ4n) is 3.83. The summed E-state index contributed by atoms with van der Waals surface area (Å²) in [6.07, 6.45) is 0.879. The molecule has 1 heterocycles. The van der Waals surface area contributed by atoms with Crippen molar-refractivity contribution < 1.29 is 18.0 Å². The van der Waals surface area contributed by atoms with Crippen LogP contribution >= 0.6 is 0 Å². The largest absolute Gasteiger partial charge is 0.350 e. The molecule has 0 spiro atoms. The number of carbonyl (C=O) groups excluding carboxylic acids is 2. The van der Waals surface area contributed by atoms with Gasteiger partial charge in [-0.1, -0.05) is 6.07 Å². The molecule has 1 aliphatic heterocycles. The van der Waals surface area contributed by atoms with Crippen molar-refractivity contribution in [3.8, 4) is 0 Å². The van der Waals surface area contributed by atoms with Gasteiger partial charge in [0.25, 0.3) is 0 Å². The number of nitrogens with one attached hydrogen (secondary N) is 2. The van der Waals surface area contributed by atoms with Crippen molar-refractivity contribution in [3.63, 3.8) is 0 Å². The van der Waals surface area contributed by atoms with Crippen LogP contribution in [0.2, 0.25) is 0 Å². The van der Waals surface area contributed by atoms with Gasteiger partial charge in [-0.15, -0.1) is 0 Å². The number of amides is 2. The van der Waals surface area contributed by atoms with Gasteiger partial charge < -0.3 is 10.6 Å². The molecule has 0 aliphatic carbocycles. The molecule has 1 saturated heterocycles. The molecular weight excluding hydrogens is 402 g/mol. The van der Waals surface area contributed by atoms with Gasteiger partial charge in [-0.2, -0.15) is 4.31 Å². The van der Waals surface area contributed by atoms with Crippen molar-refractivity contribution >= 4 is 21.8 Å². The van der Waals surface area contributed by atoms with Gasteiger partial charge in [-0.25, -0.2) is 8.42 Å². The second-order valence-electron chi connectivity index (χ2n) is 9.28. The van der Waals surface area contributed by atoms with Crippen LogP contribution in [0.15, 0.2) is 11.0 Å². The molecule has 0 bridgehead atoms. The third-order valence-corrected chi connectivity index (χ3v) is 7.83. The van der Waals surface area contributed by atoms with E-state index >= 15 is 0 Å². The van der Waals surface area contributed by atoms with Crippen LogP contribution in [-0.2, 0) is 19.6 Å². The van der Waals surface area contributed by atoms with Crippen LogP contribution in [0.1, 0.15) is 55.9 Å². The van der Waals surface area contributed by atoms with Crippen molar-refractivity contribution in [2.75, 3.05) is 19.6 Å². The van der Waals surface area contributed by atoms with E-state index in [4.69, 9.17) is 0 Å². The summed E-state index contributed by atoms with van der Waals surface area (Å²) in [5.41, 5.74) is 3.12. The van der Waals surface area contributed by atoms with Gasteiger partial charge >= 0.3 is 0 Å². The zero-order valence-electron chi connectivity index (χ0n) is 19.2. The number of carbonyl (C=O) groups is 2. The number of aryl methyl sites for hydroxylation is 2. The number of nitrogens with zero attached hydrogens (tertiary/aromatic N) is 1. The fraction of sp³-hybridized carbons (Fsp3) is 0.636. The maximum atomic E-state index is 13.3. The van der Waals surface area contributed by atoms with E-state index in [2.05, 4.69) is 10.6 Å². The molecule has 2 amide bonds. The molecular formula is C22H35N3O4S. The minimum Gasteiger partial charge on any atom is -0.350 e. The molecule has 1 fully saturated rings. The molecule has 168 valence electrons. The van der Waals surface area contributed by atoms with Gasteiger partial charge in [0.2, 0.25) is 21.8 Å². The number of benzene rings is 1. The van der Waals surface area contributed by atoms with Crippen molar-refractivity contribution in [2.45, 2.75) is 71.7 Å². The van der Waals surface area contributed by atoms with Crippen LogP contribution in [0, 0.1) is 33.6 Å². The van der Waals surface area contributed by atoms with Crippen LogP contribution in [0.25, 0.3) is 0 Å². The monoisotopic (exact) mass is 437 g/mol. The summed E-state index contributed by atoms with van der Waals surface area (Å²) in [5.74, 6) is -0.730. The van der Waals surface area contributed by atoms with E-state index in [1.807, 2.05) is 54.5 Å². The van der Waals surface area contributed by atoms with Gasteiger partial charge in [0.15, 0.2) is 0 Å². The second kappa shape index (κ2) is 9.06. The van der Waals surface area contributed by atoms with Gasteiger partial charge in [0.05, 0.1) is 11.4 Å². The molecule has 0 saturated carbocycles. The summed E-state index contributed by atoms with van der Waals surface area (Å²) in [5, 5.41) is 5.48. The Kier molecular flexibility index (Phi) is 7.35. The van der Waals surface area contributed by atoms with E-state index in [0.29, 0.717) is 30.8 Å². The Morgan fingerprint density at radius 1 is 1.03 bits per heavy atom. The minimum atomic E-state index is -3.63. The Hall–Kier alpha value is -1.93. The Morgan fingerprint density at radius 2 is 1.53 bits per heavy atom. The number of hydrogen-bond acceptors (Lipinski definition) is 4. The number of rotatable bonds is 5. The normalized spacial score (nSPS) is 16.4. The van der Waals surface area contributed by atoms with Gasteiger partial charge in [-0.05, 0) is 83.6 Å². The molecule has 0 radical (unpaired) electrons. The number of piperidine rings is 1. The highest BCUT2D eigenvalue weighted by Gasteiger charge is 2.34. The molecule has 7 nitrogen and oxygen atoms in total. The molecule has 1 aliphatic rings. The zero-order valence-corrected chi connectivity index (χ0v) is 20.0. The van der Waals surface area contributed by atoms with Crippen LogP contribution in [0.4, 0.5) is 0 Å². The lowest BCUT2D eigenvalue weighted by Gasteiger charge is -2.32. The van der Waals surface area contributed by atoms with Crippen LogP contribution < -0.4 is 10.6 Å². The topological polar surface area (TPSA) is 95.6 Å². The van der Waals surface area contributed by atoms with E-state index < -0.39 is 10.0 Å². The third kappa shape index (κ3) is 5.60. The fourth-order valence-corrected chi connectivity index (χ4v) is 5.87. The highest BCUT2D eigenvalue weighted by atomic mass is 32.2. The Labute approximate surface area is 180 Å². The van der Waals surface area contributed by atoms with E-state index in [-0.39, 0.29) is 29.8 Å². The molecule has 2 rings (SSSR count). The van der Waals surface area contributed by atoms with E-state index in [9.17, 15) is 18.0 Å². The van der Waals surface area contributed by atoms with Crippen molar-refractivity contribution in [3.05, 3.63) is 28.3 Å². The summed E-state index contributed by atoms with van der Waals surface area (Å²) in [4.78, 5) is 24.7. The van der Waals surface area contributed by atoms with Crippen molar-refractivity contribution in [1.82, 2.24) is 14.9 Å². The first-order valence-corrected chi connectivity index (χ1v) is 11.8. The molecule has 0 atom stereocenters.